The third kappa shape index (κ3) is 17.2. The first kappa shape index (κ1) is 80.0. The van der Waals surface area contributed by atoms with Crippen LogP contribution in [0.4, 0.5) is 28.4 Å². The van der Waals surface area contributed by atoms with Gasteiger partial charge in [-0.25, -0.2) is 15.0 Å². The number of hydrogen-bond acceptors (Lipinski definition) is 19. The van der Waals surface area contributed by atoms with Crippen LogP contribution in [0.3, 0.4) is 0 Å². The molecule has 3 fully saturated rings. The van der Waals surface area contributed by atoms with Gasteiger partial charge in [-0.1, -0.05) is 72.3 Å². The van der Waals surface area contributed by atoms with Crippen molar-refractivity contribution < 1.29 is 33.2 Å². The maximum Gasteiger partial charge on any atom is 0.263 e. The van der Waals surface area contributed by atoms with E-state index in [9.17, 15) is 14.4 Å². The zero-order valence-corrected chi connectivity index (χ0v) is 67.1. The summed E-state index contributed by atoms with van der Waals surface area (Å²) >= 11 is 16.2. The van der Waals surface area contributed by atoms with Gasteiger partial charge in [0.15, 0.2) is 0 Å². The van der Waals surface area contributed by atoms with E-state index in [4.69, 9.17) is 84.4 Å². The smallest absolute Gasteiger partial charge is 0.263 e. The first-order valence-electron chi connectivity index (χ1n) is 35.8. The lowest BCUT2D eigenvalue weighted by Crippen LogP contribution is -2.36. The second-order valence-electron chi connectivity index (χ2n) is 26.0. The van der Waals surface area contributed by atoms with Crippen molar-refractivity contribution in [1.82, 2.24) is 43.6 Å². The average molecular weight is 1680 g/mol. The number of nitrogens with one attached hydrogen (secondary N) is 4. The minimum absolute atomic E-state index is 0. The Labute approximate surface area is 671 Å². The van der Waals surface area contributed by atoms with Crippen LogP contribution in [0.25, 0.3) is 100.0 Å². The number of hydrogen-bond donors (Lipinski definition) is 6. The summed E-state index contributed by atoms with van der Waals surface area (Å²) in [6.07, 6.45) is 0. The molecule has 6 aromatic heterocycles. The van der Waals surface area contributed by atoms with Crippen LogP contribution in [-0.2, 0) is 48.4 Å². The molecular weight excluding hydrogens is 1590 g/mol. The molecule has 0 unspecified atom stereocenters. The average Bonchev–Trinajstić information content (AvgIpc) is 1.72. The van der Waals surface area contributed by atoms with E-state index in [2.05, 4.69) is 81.3 Å². The molecule has 3 saturated heterocycles. The number of nitrogens with two attached hydrogens (primary N) is 2. The predicted octanol–water partition coefficient (Wildman–Crippen LogP) is 13.8. The monoisotopic (exact) mass is 1670 g/mol. The number of benzene rings is 8. The number of aromatic amines is 3. The molecule has 8 N–H and O–H groups in total. The van der Waals surface area contributed by atoms with Crippen molar-refractivity contribution in [3.05, 3.63) is 211 Å². The zero-order valence-electron chi connectivity index (χ0n) is 62.5. The second kappa shape index (κ2) is 36.5. The predicted molar refractivity (Wildman–Crippen MR) is 458 cm³/mol. The highest BCUT2D eigenvalue weighted by Crippen LogP contribution is 2.37. The summed E-state index contributed by atoms with van der Waals surface area (Å²) in [5, 5.41) is 6.76. The fourth-order valence-electron chi connectivity index (χ4n) is 13.9. The summed E-state index contributed by atoms with van der Waals surface area (Å²) < 4.78 is 42.4. The molecule has 0 bridgehead atoms. The molecular formula is C82H87Cl3IN15O10. The van der Waals surface area contributed by atoms with Gasteiger partial charge in [-0.15, -0.1) is 47.2 Å². The Morgan fingerprint density at radius 1 is 0.459 bits per heavy atom. The Hall–Kier alpha value is -10.6. The third-order valence-electron chi connectivity index (χ3n) is 19.8. The quantitative estimate of drug-likeness (QED) is 0.0435. The lowest BCUT2D eigenvalue weighted by molar-refractivity contribution is 0.122. The molecule has 9 heterocycles. The van der Waals surface area contributed by atoms with E-state index >= 15 is 0 Å². The van der Waals surface area contributed by atoms with E-state index in [0.29, 0.717) is 82.7 Å². The lowest BCUT2D eigenvalue weighted by atomic mass is 10.1. The minimum atomic E-state index is -0.170. The maximum atomic E-state index is 13.8. The van der Waals surface area contributed by atoms with E-state index in [0.717, 1.165) is 177 Å². The summed E-state index contributed by atoms with van der Waals surface area (Å²) in [6, 6.07) is 52.8. The van der Waals surface area contributed by atoms with Crippen LogP contribution >= 0.6 is 58.8 Å². The van der Waals surface area contributed by atoms with E-state index in [1.165, 1.54) is 0 Å². The maximum absolute atomic E-state index is 13.8. The van der Waals surface area contributed by atoms with Crippen molar-refractivity contribution >= 4 is 153 Å². The number of pyridine rings is 3. The number of ether oxygens (including phenoxy) is 7. The SMILES string of the molecule is COc1ccc(CN)c(OC)c1.COc1ccc(CNc2c(-c3nc4ccc(N5CCOCC5)cc4[nH]3)c(=O)n(C)c3ccccc23)c(OC)c1.ClCCl.Cn1c(=O)c(-c2nc3ccc(N4CCOCC4)cc3[nH]2)c(Cl)c2ccccc21.Cn1c(=O)c(-c2nc3ccc(N4CCOCC4)cc3[nH]2)c(N)c2ccccc21.I. The number of morpholine rings is 3. The molecule has 0 amide bonds. The van der Waals surface area contributed by atoms with Gasteiger partial charge >= 0.3 is 0 Å². The van der Waals surface area contributed by atoms with Crippen LogP contribution in [0.1, 0.15) is 11.1 Å². The number of nitrogens with zero attached hydrogens (tertiary/aromatic N) is 9. The number of nitrogen functional groups attached to an aromatic ring is 1. The number of methoxy groups -OCH3 is 4. The van der Waals surface area contributed by atoms with Crippen molar-refractivity contribution in [3.8, 4) is 57.2 Å². The third-order valence-corrected chi connectivity index (χ3v) is 20.2. The first-order chi connectivity index (χ1) is 53.6. The second-order valence-corrected chi connectivity index (χ2v) is 27.2. The Bertz CT molecular complexity index is 5630. The summed E-state index contributed by atoms with van der Waals surface area (Å²) in [5.74, 6) is 4.49. The highest BCUT2D eigenvalue weighted by Gasteiger charge is 2.25. The summed E-state index contributed by atoms with van der Waals surface area (Å²) in [6.45, 7) is 10.4. The standard InChI is InChI=1S/C30H31N5O4.C21H19ClN4O2.C21H21N5O2.C9H13NO2.CH2Cl2.HI/c1-34-25-7-5-4-6-22(25)28(31-18-19-8-10-21(37-2)17-26(19)38-3)27(30(34)36)29-32-23-11-9-20(16-24(23)33-29)35-12-14-39-15-13-35;2*1-25-17-5-3-2-4-14(17)19(22)18(21(25)27)20-23-15-7-6-13(12-16(15)24-20)26-8-10-28-11-9-26;1-11-8-4-3-7(6-10)9(5-8)12-2;2-1-3;/h4-11,16-17,31H,12-15,18H2,1-3H3,(H,32,33);2-7,12H,8-11H2,1H3,(H,23,24);2-7,12H,8-11,22H2,1H3,(H,23,24);3-5H,6,10H2,1-2H3;1H2;1H. The number of fused-ring (bicyclic) bond motifs is 6. The van der Waals surface area contributed by atoms with Crippen LogP contribution in [-0.4, -0.2) is 156 Å². The molecule has 3 aliphatic rings. The van der Waals surface area contributed by atoms with Gasteiger partial charge in [0.2, 0.25) is 0 Å². The summed E-state index contributed by atoms with van der Waals surface area (Å²) in [7, 11) is 11.8. The van der Waals surface area contributed by atoms with Crippen molar-refractivity contribution in [3.63, 3.8) is 0 Å². The molecule has 0 aliphatic carbocycles. The van der Waals surface area contributed by atoms with E-state index in [-0.39, 0.29) is 46.0 Å². The van der Waals surface area contributed by atoms with E-state index in [1.807, 2.05) is 127 Å². The van der Waals surface area contributed by atoms with Crippen molar-refractivity contribution in [1.29, 1.82) is 0 Å². The number of imidazole rings is 3. The van der Waals surface area contributed by atoms with Crippen LogP contribution in [0.5, 0.6) is 23.0 Å². The summed E-state index contributed by atoms with van der Waals surface area (Å²) in [5.41, 5.74) is 26.7. The number of anilines is 5. The topological polar surface area (TPSA) is 290 Å². The highest BCUT2D eigenvalue weighted by atomic mass is 127. The zero-order chi connectivity index (χ0) is 77.1. The first-order valence-corrected chi connectivity index (χ1v) is 37.2. The molecule has 25 nitrogen and oxygen atoms in total. The van der Waals surface area contributed by atoms with Gasteiger partial charge in [-0.2, -0.15) is 0 Å². The molecule has 14 aromatic rings. The Balaban J connectivity index is 0.000000143. The fourth-order valence-corrected chi connectivity index (χ4v) is 14.2. The van der Waals surface area contributed by atoms with E-state index in [1.54, 1.807) is 63.3 Å². The number of rotatable bonds is 14. The molecule has 8 aromatic carbocycles. The van der Waals surface area contributed by atoms with Gasteiger partial charge < -0.3 is 93.3 Å². The van der Waals surface area contributed by atoms with Crippen molar-refractivity contribution in [2.75, 3.05) is 138 Å². The van der Waals surface area contributed by atoms with Gasteiger partial charge in [0.25, 0.3) is 16.7 Å². The van der Waals surface area contributed by atoms with Crippen LogP contribution in [0.2, 0.25) is 5.02 Å². The number of para-hydroxylation sites is 3. The molecule has 0 radical (unpaired) electrons. The largest absolute Gasteiger partial charge is 0.497 e. The summed E-state index contributed by atoms with van der Waals surface area (Å²) in [4.78, 5) is 70.9. The van der Waals surface area contributed by atoms with Crippen LogP contribution < -0.4 is 67.1 Å². The molecule has 0 spiro atoms. The Morgan fingerprint density at radius 3 is 1.25 bits per heavy atom. The molecule has 0 atom stereocenters. The normalized spacial score (nSPS) is 13.5. The number of halogens is 4. The fraction of sp³-hybridized carbons (Fsp3) is 0.268. The molecule has 111 heavy (non-hydrogen) atoms. The van der Waals surface area contributed by atoms with Crippen molar-refractivity contribution in [2.45, 2.75) is 13.1 Å². The molecule has 3 aliphatic heterocycles. The molecule has 29 heteroatoms. The van der Waals surface area contributed by atoms with Gasteiger partial charge in [0.1, 0.15) is 57.2 Å². The number of aromatic nitrogens is 9. The molecule has 17 rings (SSSR count). The Morgan fingerprint density at radius 2 is 0.820 bits per heavy atom. The lowest BCUT2D eigenvalue weighted by Gasteiger charge is -2.28. The van der Waals surface area contributed by atoms with Gasteiger partial charge in [-0.3, -0.25) is 14.4 Å². The highest BCUT2D eigenvalue weighted by molar-refractivity contribution is 14.0. The minimum Gasteiger partial charge on any atom is -0.497 e. The van der Waals surface area contributed by atoms with Crippen LogP contribution in [0, 0.1) is 0 Å². The molecule has 0 saturated carbocycles. The molecule has 578 valence electrons. The van der Waals surface area contributed by atoms with Gasteiger partial charge in [-0.05, 0) is 91.0 Å². The number of H-pyrrole nitrogens is 3. The van der Waals surface area contributed by atoms with E-state index < -0.39 is 0 Å². The Kier molecular flexibility index (Phi) is 26.3. The van der Waals surface area contributed by atoms with Gasteiger partial charge in [0.05, 0.1) is 139 Å². The van der Waals surface area contributed by atoms with Gasteiger partial charge in [0, 0.05) is 130 Å². The number of aryl methyl sites for hydroxylation is 3. The number of alkyl halides is 2. The van der Waals surface area contributed by atoms with Crippen LogP contribution in [0.15, 0.2) is 178 Å². The van der Waals surface area contributed by atoms with Crippen molar-refractivity contribution in [2.24, 2.45) is 26.9 Å².